The number of aryl methyl sites for hydroxylation is 1. The Kier molecular flexibility index (Phi) is 4.77. The second-order valence-electron chi connectivity index (χ2n) is 6.02. The van der Waals surface area contributed by atoms with Crippen LogP contribution in [0.1, 0.15) is 10.4 Å². The SMILES string of the molecule is COc1ccc(OC)c(C(=O)Nc2ccccc2-c2cn3c(n2)SCC3)c1. The minimum Gasteiger partial charge on any atom is -0.497 e. The topological polar surface area (TPSA) is 65.4 Å². The Bertz CT molecular complexity index is 978. The molecule has 7 heteroatoms. The van der Waals surface area contributed by atoms with Crippen molar-refractivity contribution in [2.75, 3.05) is 25.3 Å². The molecular weight excluding hydrogens is 362 g/mol. The van der Waals surface area contributed by atoms with E-state index >= 15 is 0 Å². The molecule has 0 atom stereocenters. The number of nitrogens with zero attached hydrogens (tertiary/aromatic N) is 2. The van der Waals surface area contributed by atoms with Crippen LogP contribution in [0.4, 0.5) is 5.69 Å². The Morgan fingerprint density at radius 3 is 2.81 bits per heavy atom. The van der Waals surface area contributed by atoms with Crippen molar-refractivity contribution in [3.8, 4) is 22.8 Å². The van der Waals surface area contributed by atoms with Crippen LogP contribution >= 0.6 is 11.8 Å². The van der Waals surface area contributed by atoms with E-state index in [1.807, 2.05) is 30.5 Å². The number of thioether (sulfide) groups is 1. The van der Waals surface area contributed by atoms with Crippen LogP contribution in [0.3, 0.4) is 0 Å². The number of imidazole rings is 1. The summed E-state index contributed by atoms with van der Waals surface area (Å²) in [6.07, 6.45) is 2.03. The van der Waals surface area contributed by atoms with E-state index in [1.165, 1.54) is 7.11 Å². The van der Waals surface area contributed by atoms with E-state index < -0.39 is 0 Å². The molecule has 3 aromatic rings. The van der Waals surface area contributed by atoms with Crippen molar-refractivity contribution in [2.45, 2.75) is 11.7 Å². The number of anilines is 1. The average molecular weight is 381 g/mol. The van der Waals surface area contributed by atoms with Crippen LogP contribution in [0, 0.1) is 0 Å². The lowest BCUT2D eigenvalue weighted by molar-refractivity contribution is 0.102. The summed E-state index contributed by atoms with van der Waals surface area (Å²) in [6, 6.07) is 12.8. The van der Waals surface area contributed by atoms with Crippen LogP contribution in [0.15, 0.2) is 53.8 Å². The van der Waals surface area contributed by atoms with Crippen molar-refractivity contribution in [2.24, 2.45) is 0 Å². The predicted molar refractivity (Wildman–Crippen MR) is 106 cm³/mol. The number of para-hydroxylation sites is 1. The molecule has 0 spiro atoms. The van der Waals surface area contributed by atoms with Crippen LogP contribution in [-0.2, 0) is 6.54 Å². The lowest BCUT2D eigenvalue weighted by Gasteiger charge is -2.13. The van der Waals surface area contributed by atoms with Crippen LogP contribution in [0.5, 0.6) is 11.5 Å². The van der Waals surface area contributed by atoms with Gasteiger partial charge in [-0.2, -0.15) is 0 Å². The molecule has 1 aliphatic rings. The van der Waals surface area contributed by atoms with Crippen molar-refractivity contribution in [3.05, 3.63) is 54.2 Å². The Balaban J connectivity index is 1.66. The summed E-state index contributed by atoms with van der Waals surface area (Å²) in [6.45, 7) is 0.961. The van der Waals surface area contributed by atoms with Gasteiger partial charge in [0.1, 0.15) is 11.5 Å². The monoisotopic (exact) mass is 381 g/mol. The molecule has 27 heavy (non-hydrogen) atoms. The van der Waals surface area contributed by atoms with Crippen molar-refractivity contribution in [1.82, 2.24) is 9.55 Å². The number of fused-ring (bicyclic) bond motifs is 1. The number of benzene rings is 2. The highest BCUT2D eigenvalue weighted by molar-refractivity contribution is 7.99. The van der Waals surface area contributed by atoms with Gasteiger partial charge < -0.3 is 19.4 Å². The summed E-state index contributed by atoms with van der Waals surface area (Å²) < 4.78 is 12.7. The number of ether oxygens (including phenoxy) is 2. The molecule has 1 aromatic heterocycles. The van der Waals surface area contributed by atoms with Gasteiger partial charge in [-0.15, -0.1) is 0 Å². The molecule has 0 bridgehead atoms. The lowest BCUT2D eigenvalue weighted by Crippen LogP contribution is -2.14. The lowest BCUT2D eigenvalue weighted by atomic mass is 10.1. The van der Waals surface area contributed by atoms with E-state index in [0.717, 1.165) is 28.7 Å². The number of methoxy groups -OCH3 is 2. The molecule has 4 rings (SSSR count). The van der Waals surface area contributed by atoms with Crippen LogP contribution < -0.4 is 14.8 Å². The molecule has 1 amide bonds. The van der Waals surface area contributed by atoms with Crippen LogP contribution in [0.25, 0.3) is 11.3 Å². The zero-order valence-electron chi connectivity index (χ0n) is 15.1. The summed E-state index contributed by atoms with van der Waals surface area (Å²) in [7, 11) is 3.10. The maximum atomic E-state index is 12.9. The van der Waals surface area contributed by atoms with Crippen molar-refractivity contribution < 1.29 is 14.3 Å². The third kappa shape index (κ3) is 3.38. The molecule has 0 saturated carbocycles. The van der Waals surface area contributed by atoms with Crippen LogP contribution in [-0.4, -0.2) is 35.4 Å². The van der Waals surface area contributed by atoms with Gasteiger partial charge in [-0.3, -0.25) is 4.79 Å². The molecule has 138 valence electrons. The van der Waals surface area contributed by atoms with Gasteiger partial charge in [0.25, 0.3) is 5.91 Å². The fourth-order valence-electron chi connectivity index (χ4n) is 3.04. The summed E-state index contributed by atoms with van der Waals surface area (Å²) >= 11 is 1.74. The molecule has 0 saturated heterocycles. The normalized spacial score (nSPS) is 12.5. The van der Waals surface area contributed by atoms with Gasteiger partial charge >= 0.3 is 0 Å². The minimum atomic E-state index is -0.265. The molecule has 0 radical (unpaired) electrons. The van der Waals surface area contributed by atoms with Gasteiger partial charge in [-0.25, -0.2) is 4.98 Å². The first-order valence-electron chi connectivity index (χ1n) is 8.52. The number of aromatic nitrogens is 2. The quantitative estimate of drug-likeness (QED) is 0.726. The summed E-state index contributed by atoms with van der Waals surface area (Å²) in [5.41, 5.74) is 2.85. The summed E-state index contributed by atoms with van der Waals surface area (Å²) in [5.74, 6) is 1.87. The number of hydrogen-bond donors (Lipinski definition) is 1. The molecule has 0 fully saturated rings. The number of carbonyl (C=O) groups is 1. The molecule has 2 aromatic carbocycles. The number of amides is 1. The number of hydrogen-bond acceptors (Lipinski definition) is 5. The molecular formula is C20H19N3O3S. The largest absolute Gasteiger partial charge is 0.497 e. The molecule has 6 nitrogen and oxygen atoms in total. The fraction of sp³-hybridized carbons (Fsp3) is 0.200. The zero-order chi connectivity index (χ0) is 18.8. The molecule has 0 aliphatic carbocycles. The van der Waals surface area contributed by atoms with Crippen molar-refractivity contribution >= 4 is 23.4 Å². The molecule has 0 unspecified atom stereocenters. The highest BCUT2D eigenvalue weighted by Crippen LogP contribution is 2.33. The Morgan fingerprint density at radius 1 is 1.19 bits per heavy atom. The first-order valence-corrected chi connectivity index (χ1v) is 9.51. The number of nitrogens with one attached hydrogen (secondary N) is 1. The first-order chi connectivity index (χ1) is 13.2. The highest BCUT2D eigenvalue weighted by Gasteiger charge is 2.19. The van der Waals surface area contributed by atoms with E-state index in [0.29, 0.717) is 22.7 Å². The van der Waals surface area contributed by atoms with Gasteiger partial charge in [0.2, 0.25) is 0 Å². The number of rotatable bonds is 5. The van der Waals surface area contributed by atoms with E-state index in [-0.39, 0.29) is 5.91 Å². The van der Waals surface area contributed by atoms with E-state index in [1.54, 1.807) is 37.1 Å². The van der Waals surface area contributed by atoms with E-state index in [9.17, 15) is 4.79 Å². The third-order valence-corrected chi connectivity index (χ3v) is 5.38. The predicted octanol–water partition coefficient (Wildman–Crippen LogP) is 3.93. The summed E-state index contributed by atoms with van der Waals surface area (Å²) in [4.78, 5) is 17.6. The molecule has 1 N–H and O–H groups in total. The highest BCUT2D eigenvalue weighted by atomic mass is 32.2. The average Bonchev–Trinajstić information content (AvgIpc) is 3.30. The fourth-order valence-corrected chi connectivity index (χ4v) is 3.98. The Hall–Kier alpha value is -2.93. The van der Waals surface area contributed by atoms with Gasteiger partial charge in [-0.1, -0.05) is 30.0 Å². The second-order valence-corrected chi connectivity index (χ2v) is 7.08. The second kappa shape index (κ2) is 7.36. The van der Waals surface area contributed by atoms with Crippen LogP contribution in [0.2, 0.25) is 0 Å². The van der Waals surface area contributed by atoms with E-state index in [4.69, 9.17) is 14.5 Å². The smallest absolute Gasteiger partial charge is 0.259 e. The van der Waals surface area contributed by atoms with Gasteiger partial charge in [0, 0.05) is 24.1 Å². The first kappa shape index (κ1) is 17.5. The standard InChI is InChI=1S/C20H19N3O3S/c1-25-13-7-8-18(26-2)15(11-13)19(24)21-16-6-4-3-5-14(16)17-12-23-9-10-27-20(23)22-17/h3-8,11-12H,9-10H2,1-2H3,(H,21,24). The maximum Gasteiger partial charge on any atom is 0.259 e. The zero-order valence-corrected chi connectivity index (χ0v) is 15.9. The Labute approximate surface area is 161 Å². The third-order valence-electron chi connectivity index (χ3n) is 4.41. The summed E-state index contributed by atoms with van der Waals surface area (Å²) in [5, 5.41) is 4.00. The van der Waals surface area contributed by atoms with Gasteiger partial charge in [-0.05, 0) is 24.3 Å². The number of carbonyl (C=O) groups excluding carboxylic acids is 1. The van der Waals surface area contributed by atoms with Gasteiger partial charge in [0.15, 0.2) is 5.16 Å². The molecule has 1 aliphatic heterocycles. The van der Waals surface area contributed by atoms with Crippen molar-refractivity contribution in [1.29, 1.82) is 0 Å². The maximum absolute atomic E-state index is 12.9. The van der Waals surface area contributed by atoms with E-state index in [2.05, 4.69) is 9.88 Å². The minimum absolute atomic E-state index is 0.265. The van der Waals surface area contributed by atoms with Gasteiger partial charge in [0.05, 0.1) is 31.2 Å². The van der Waals surface area contributed by atoms with Crippen molar-refractivity contribution in [3.63, 3.8) is 0 Å². The Morgan fingerprint density at radius 2 is 2.04 bits per heavy atom. The molecule has 2 heterocycles.